The highest BCUT2D eigenvalue weighted by atomic mass is 19.2. The summed E-state index contributed by atoms with van der Waals surface area (Å²) in [7, 11) is 0. The number of halogens is 1. The molecule has 19 heavy (non-hydrogen) atoms. The summed E-state index contributed by atoms with van der Waals surface area (Å²) >= 11 is 0. The molecule has 2 aromatic rings. The van der Waals surface area contributed by atoms with Crippen LogP contribution in [0.3, 0.4) is 0 Å². The lowest BCUT2D eigenvalue weighted by Crippen LogP contribution is -2.02. The average molecular weight is 258 g/mol. The molecule has 0 amide bonds. The molecule has 0 heterocycles. The second-order valence-corrected chi connectivity index (χ2v) is 4.65. The van der Waals surface area contributed by atoms with Crippen molar-refractivity contribution in [1.82, 2.24) is 0 Å². The van der Waals surface area contributed by atoms with Gasteiger partial charge in [-0.2, -0.15) is 0 Å². The molecule has 0 fully saturated rings. The molecule has 0 saturated carbocycles. The third-order valence-electron chi connectivity index (χ3n) is 3.48. The molecule has 0 aromatic heterocycles. The van der Waals surface area contributed by atoms with Gasteiger partial charge in [-0.1, -0.05) is 25.1 Å². The Kier molecular flexibility index (Phi) is 4.05. The average Bonchev–Trinajstić information content (AvgIpc) is 2.45. The van der Waals surface area contributed by atoms with Gasteiger partial charge < -0.3 is 5.32 Å². The van der Waals surface area contributed by atoms with Gasteiger partial charge in [-0.25, -0.2) is 5.54 Å². The second-order valence-electron chi connectivity index (χ2n) is 4.65. The lowest BCUT2D eigenvalue weighted by Gasteiger charge is -2.18. The summed E-state index contributed by atoms with van der Waals surface area (Å²) in [6, 6.07) is 11.8. The highest BCUT2D eigenvalue weighted by Gasteiger charge is 2.12. The van der Waals surface area contributed by atoms with Gasteiger partial charge in [-0.3, -0.25) is 0 Å². The van der Waals surface area contributed by atoms with E-state index in [4.69, 9.17) is 0 Å². The van der Waals surface area contributed by atoms with Crippen LogP contribution in [0, 0.1) is 13.8 Å². The van der Waals surface area contributed by atoms with Crippen LogP contribution in [0.4, 0.5) is 21.5 Å². The number of benzene rings is 2. The molecular formula is C16H19FN2. The Bertz CT molecular complexity index is 536. The smallest absolute Gasteiger partial charge is 0.0708 e. The fraction of sp³-hybridized carbons (Fsp3) is 0.250. The summed E-state index contributed by atoms with van der Waals surface area (Å²) in [6.07, 6.45) is 0.879. The molecule has 2 nitrogen and oxygen atoms in total. The Labute approximate surface area is 113 Å². The summed E-state index contributed by atoms with van der Waals surface area (Å²) in [5.74, 6) is 0. The highest BCUT2D eigenvalue weighted by molar-refractivity contribution is 5.75. The Morgan fingerprint density at radius 2 is 1.74 bits per heavy atom. The predicted octanol–water partition coefficient (Wildman–Crippen LogP) is 4.91. The maximum absolute atomic E-state index is 12.9. The molecule has 0 atom stereocenters. The van der Waals surface area contributed by atoms with Gasteiger partial charge in [0.1, 0.15) is 0 Å². The van der Waals surface area contributed by atoms with Crippen LogP contribution in [-0.2, 0) is 6.42 Å². The zero-order valence-corrected chi connectivity index (χ0v) is 11.5. The molecule has 3 heteroatoms. The molecule has 0 radical (unpaired) electrons. The van der Waals surface area contributed by atoms with Crippen LogP contribution in [0.2, 0.25) is 0 Å². The van der Waals surface area contributed by atoms with Gasteiger partial charge in [-0.15, -0.1) is 4.48 Å². The number of aryl methyl sites for hydroxylation is 1. The first-order valence-corrected chi connectivity index (χ1v) is 6.49. The highest BCUT2D eigenvalue weighted by Crippen LogP contribution is 2.33. The van der Waals surface area contributed by atoms with E-state index in [1.54, 1.807) is 5.54 Å². The first-order valence-electron chi connectivity index (χ1n) is 6.49. The molecule has 0 bridgehead atoms. The van der Waals surface area contributed by atoms with Crippen molar-refractivity contribution < 1.29 is 4.48 Å². The van der Waals surface area contributed by atoms with E-state index in [2.05, 4.69) is 19.2 Å². The normalized spacial score (nSPS) is 10.3. The van der Waals surface area contributed by atoms with Gasteiger partial charge in [0.25, 0.3) is 0 Å². The zero-order valence-electron chi connectivity index (χ0n) is 11.5. The van der Waals surface area contributed by atoms with Crippen molar-refractivity contribution in [3.8, 4) is 0 Å². The Hall–Kier alpha value is -2.03. The predicted molar refractivity (Wildman–Crippen MR) is 79.7 cm³/mol. The van der Waals surface area contributed by atoms with Crippen LogP contribution in [0.1, 0.15) is 23.6 Å². The van der Waals surface area contributed by atoms with E-state index in [1.165, 1.54) is 5.56 Å². The van der Waals surface area contributed by atoms with Crippen molar-refractivity contribution >= 4 is 17.1 Å². The molecule has 2 rings (SSSR count). The van der Waals surface area contributed by atoms with E-state index in [1.807, 2.05) is 43.3 Å². The van der Waals surface area contributed by atoms with Crippen LogP contribution in [-0.4, -0.2) is 0 Å². The van der Waals surface area contributed by atoms with E-state index in [9.17, 15) is 4.48 Å². The molecule has 100 valence electrons. The number of rotatable bonds is 4. The lowest BCUT2D eigenvalue weighted by atomic mass is 9.98. The topological polar surface area (TPSA) is 24.1 Å². The zero-order chi connectivity index (χ0) is 13.8. The fourth-order valence-electron chi connectivity index (χ4n) is 2.29. The summed E-state index contributed by atoms with van der Waals surface area (Å²) in [4.78, 5) is 0. The van der Waals surface area contributed by atoms with Crippen LogP contribution in [0.5, 0.6) is 0 Å². The van der Waals surface area contributed by atoms with Crippen molar-refractivity contribution in [2.24, 2.45) is 0 Å². The number of anilines is 3. The first kappa shape index (κ1) is 13.4. The molecular weight excluding hydrogens is 239 g/mol. The summed E-state index contributed by atoms with van der Waals surface area (Å²) < 4.78 is 12.9. The van der Waals surface area contributed by atoms with Crippen LogP contribution in [0.25, 0.3) is 0 Å². The summed E-state index contributed by atoms with van der Waals surface area (Å²) in [6.45, 7) is 6.06. The maximum atomic E-state index is 12.9. The standard InChI is InChI=1S/C16H19FN2/c1-4-13-10-15(19-17)12(3)16(11(13)2)18-14-8-6-5-7-9-14/h5-10,18-19H,4H2,1-3H3. The minimum Gasteiger partial charge on any atom is -0.355 e. The molecule has 2 N–H and O–H groups in total. The van der Waals surface area contributed by atoms with Crippen molar-refractivity contribution in [3.63, 3.8) is 0 Å². The fourth-order valence-corrected chi connectivity index (χ4v) is 2.29. The molecule has 0 spiro atoms. The Morgan fingerprint density at radius 1 is 1.05 bits per heavy atom. The van der Waals surface area contributed by atoms with Crippen LogP contribution in [0.15, 0.2) is 36.4 Å². The summed E-state index contributed by atoms with van der Waals surface area (Å²) in [5, 5.41) is 3.38. The van der Waals surface area contributed by atoms with Gasteiger partial charge in [0, 0.05) is 11.4 Å². The molecule has 0 saturated heterocycles. The van der Waals surface area contributed by atoms with E-state index in [0.29, 0.717) is 5.69 Å². The molecule has 0 aliphatic rings. The van der Waals surface area contributed by atoms with Gasteiger partial charge >= 0.3 is 0 Å². The molecule has 0 aliphatic heterocycles. The van der Waals surface area contributed by atoms with Gasteiger partial charge in [0.05, 0.1) is 5.69 Å². The van der Waals surface area contributed by atoms with E-state index >= 15 is 0 Å². The van der Waals surface area contributed by atoms with Crippen molar-refractivity contribution in [1.29, 1.82) is 0 Å². The SMILES string of the molecule is CCc1cc(NF)c(C)c(Nc2ccccc2)c1C. The first-order chi connectivity index (χ1) is 9.17. The van der Waals surface area contributed by atoms with Crippen molar-refractivity contribution in [2.45, 2.75) is 27.2 Å². The minimum absolute atomic E-state index is 0.529. The van der Waals surface area contributed by atoms with E-state index < -0.39 is 0 Å². The van der Waals surface area contributed by atoms with Crippen molar-refractivity contribution in [3.05, 3.63) is 53.1 Å². The van der Waals surface area contributed by atoms with E-state index in [0.717, 1.165) is 28.9 Å². The second kappa shape index (κ2) is 5.74. The number of hydrogen-bond acceptors (Lipinski definition) is 2. The van der Waals surface area contributed by atoms with Crippen LogP contribution >= 0.6 is 0 Å². The monoisotopic (exact) mass is 258 g/mol. The van der Waals surface area contributed by atoms with Crippen LogP contribution < -0.4 is 10.9 Å². The third kappa shape index (κ3) is 2.70. The van der Waals surface area contributed by atoms with E-state index in [-0.39, 0.29) is 0 Å². The molecule has 2 aromatic carbocycles. The Morgan fingerprint density at radius 3 is 2.32 bits per heavy atom. The van der Waals surface area contributed by atoms with Gasteiger partial charge in [0.15, 0.2) is 0 Å². The number of hydrogen-bond donors (Lipinski definition) is 2. The maximum Gasteiger partial charge on any atom is 0.0708 e. The Balaban J connectivity index is 2.49. The summed E-state index contributed by atoms with van der Waals surface area (Å²) in [5.41, 5.74) is 7.50. The minimum atomic E-state index is 0.529. The number of nitrogens with one attached hydrogen (secondary N) is 2. The molecule has 0 aliphatic carbocycles. The lowest BCUT2D eigenvalue weighted by molar-refractivity contribution is 0.616. The van der Waals surface area contributed by atoms with Gasteiger partial charge in [0.2, 0.25) is 0 Å². The third-order valence-corrected chi connectivity index (χ3v) is 3.48. The number of para-hydroxylation sites is 1. The van der Waals surface area contributed by atoms with Crippen molar-refractivity contribution in [2.75, 3.05) is 10.9 Å². The quantitative estimate of drug-likeness (QED) is 0.762. The van der Waals surface area contributed by atoms with Gasteiger partial charge in [-0.05, 0) is 55.2 Å². The largest absolute Gasteiger partial charge is 0.355 e. The molecule has 0 unspecified atom stereocenters.